The van der Waals surface area contributed by atoms with Crippen LogP contribution in [0, 0.1) is 0 Å². The van der Waals surface area contributed by atoms with Gasteiger partial charge in [0.1, 0.15) is 5.03 Å². The van der Waals surface area contributed by atoms with Crippen molar-refractivity contribution in [1.82, 2.24) is 4.37 Å². The van der Waals surface area contributed by atoms with Crippen molar-refractivity contribution in [3.8, 4) is 0 Å². The second kappa shape index (κ2) is 3.79. The van der Waals surface area contributed by atoms with Crippen molar-refractivity contribution >= 4 is 23.3 Å². The van der Waals surface area contributed by atoms with Crippen LogP contribution in [-0.4, -0.2) is 10.1 Å². The van der Waals surface area contributed by atoms with Crippen molar-refractivity contribution in [3.05, 3.63) is 10.9 Å². The standard InChI is InChI=1S/C9H15NS2/c1-5-11-8-6-7(12-10-8)9(2,3)4/h6H,5H2,1-4H3. The quantitative estimate of drug-likeness (QED) is 0.679. The van der Waals surface area contributed by atoms with Gasteiger partial charge in [0.15, 0.2) is 0 Å². The number of hydrogen-bond donors (Lipinski definition) is 0. The number of aromatic nitrogens is 1. The van der Waals surface area contributed by atoms with Gasteiger partial charge >= 0.3 is 0 Å². The summed E-state index contributed by atoms with van der Waals surface area (Å²) in [5.74, 6) is 1.10. The van der Waals surface area contributed by atoms with E-state index in [1.165, 1.54) is 9.90 Å². The van der Waals surface area contributed by atoms with E-state index >= 15 is 0 Å². The maximum atomic E-state index is 4.38. The molecule has 0 spiro atoms. The van der Waals surface area contributed by atoms with E-state index in [-0.39, 0.29) is 5.41 Å². The molecule has 0 amide bonds. The Bertz CT molecular complexity index is 247. The molecule has 0 saturated heterocycles. The first-order valence-corrected chi connectivity index (χ1v) is 5.90. The third kappa shape index (κ3) is 2.49. The average Bonchev–Trinajstić information content (AvgIpc) is 2.35. The van der Waals surface area contributed by atoms with Gasteiger partial charge in [-0.15, -0.1) is 11.8 Å². The zero-order valence-corrected chi connectivity index (χ0v) is 9.68. The molecule has 0 aliphatic carbocycles. The molecule has 1 rings (SSSR count). The Hall–Kier alpha value is -0.0200. The van der Waals surface area contributed by atoms with Crippen LogP contribution in [0.4, 0.5) is 0 Å². The monoisotopic (exact) mass is 201 g/mol. The Morgan fingerprint density at radius 2 is 2.17 bits per heavy atom. The van der Waals surface area contributed by atoms with Crippen LogP contribution in [0.15, 0.2) is 11.1 Å². The Kier molecular flexibility index (Phi) is 3.18. The summed E-state index contributed by atoms with van der Waals surface area (Å²) < 4.78 is 4.38. The number of nitrogens with zero attached hydrogens (tertiary/aromatic N) is 1. The van der Waals surface area contributed by atoms with Gasteiger partial charge in [0.05, 0.1) is 0 Å². The largest absolute Gasteiger partial charge is 0.186 e. The predicted octanol–water partition coefficient (Wildman–Crippen LogP) is 3.55. The molecule has 0 unspecified atom stereocenters. The Morgan fingerprint density at radius 1 is 1.50 bits per heavy atom. The molecule has 0 bridgehead atoms. The topological polar surface area (TPSA) is 12.9 Å². The molecule has 0 radical (unpaired) electrons. The molecule has 3 heteroatoms. The molecule has 0 N–H and O–H groups in total. The van der Waals surface area contributed by atoms with Crippen LogP contribution in [0.5, 0.6) is 0 Å². The first-order chi connectivity index (χ1) is 5.54. The van der Waals surface area contributed by atoms with E-state index < -0.39 is 0 Å². The van der Waals surface area contributed by atoms with Crippen molar-refractivity contribution in [2.75, 3.05) is 5.75 Å². The van der Waals surface area contributed by atoms with Crippen molar-refractivity contribution in [1.29, 1.82) is 0 Å². The minimum absolute atomic E-state index is 0.254. The lowest BCUT2D eigenvalue weighted by Gasteiger charge is -2.13. The van der Waals surface area contributed by atoms with E-state index in [9.17, 15) is 0 Å². The minimum Gasteiger partial charge on any atom is -0.186 e. The van der Waals surface area contributed by atoms with Crippen LogP contribution in [0.3, 0.4) is 0 Å². The van der Waals surface area contributed by atoms with E-state index in [0.717, 1.165) is 5.75 Å². The SMILES string of the molecule is CCSc1cc(C(C)(C)C)sn1. The summed E-state index contributed by atoms with van der Waals surface area (Å²) in [6.45, 7) is 8.82. The fourth-order valence-electron chi connectivity index (χ4n) is 0.828. The number of thioether (sulfide) groups is 1. The van der Waals surface area contributed by atoms with E-state index in [1.54, 1.807) is 11.5 Å². The van der Waals surface area contributed by atoms with Crippen LogP contribution in [0.2, 0.25) is 0 Å². The lowest BCUT2D eigenvalue weighted by Crippen LogP contribution is -2.07. The van der Waals surface area contributed by atoms with E-state index in [2.05, 4.69) is 38.1 Å². The van der Waals surface area contributed by atoms with Gasteiger partial charge in [-0.2, -0.15) is 4.37 Å². The zero-order chi connectivity index (χ0) is 9.19. The molecule has 1 heterocycles. The van der Waals surface area contributed by atoms with Crippen molar-refractivity contribution in [3.63, 3.8) is 0 Å². The van der Waals surface area contributed by atoms with Gasteiger partial charge in [0, 0.05) is 4.88 Å². The average molecular weight is 201 g/mol. The fourth-order valence-corrected chi connectivity index (χ4v) is 2.40. The first kappa shape index (κ1) is 10.1. The van der Waals surface area contributed by atoms with Crippen LogP contribution in [-0.2, 0) is 5.41 Å². The molecule has 0 aliphatic heterocycles. The summed E-state index contributed by atoms with van der Waals surface area (Å²) in [5.41, 5.74) is 0.254. The summed E-state index contributed by atoms with van der Waals surface area (Å²) >= 11 is 3.44. The zero-order valence-electron chi connectivity index (χ0n) is 8.05. The Balaban J connectivity index is 2.77. The molecule has 68 valence electrons. The van der Waals surface area contributed by atoms with E-state index in [1.807, 2.05) is 11.8 Å². The van der Waals surface area contributed by atoms with Gasteiger partial charge in [0.25, 0.3) is 0 Å². The lowest BCUT2D eigenvalue weighted by atomic mass is 9.95. The Labute approximate surface area is 82.7 Å². The molecule has 1 nitrogen and oxygen atoms in total. The van der Waals surface area contributed by atoms with Gasteiger partial charge < -0.3 is 0 Å². The molecule has 0 aromatic carbocycles. The van der Waals surface area contributed by atoms with Gasteiger partial charge in [0.2, 0.25) is 0 Å². The van der Waals surface area contributed by atoms with Crippen molar-refractivity contribution < 1.29 is 0 Å². The van der Waals surface area contributed by atoms with E-state index in [0.29, 0.717) is 0 Å². The van der Waals surface area contributed by atoms with Crippen molar-refractivity contribution in [2.45, 2.75) is 38.1 Å². The highest BCUT2D eigenvalue weighted by atomic mass is 32.2. The van der Waals surface area contributed by atoms with Crippen LogP contribution in [0.1, 0.15) is 32.6 Å². The summed E-state index contributed by atoms with van der Waals surface area (Å²) in [7, 11) is 0. The van der Waals surface area contributed by atoms with Crippen LogP contribution >= 0.6 is 23.3 Å². The first-order valence-electron chi connectivity index (χ1n) is 4.14. The van der Waals surface area contributed by atoms with Crippen LogP contribution < -0.4 is 0 Å². The minimum atomic E-state index is 0.254. The molecule has 1 aromatic heterocycles. The summed E-state index contributed by atoms with van der Waals surface area (Å²) in [6.07, 6.45) is 0. The summed E-state index contributed by atoms with van der Waals surface area (Å²) in [5, 5.41) is 1.17. The maximum absolute atomic E-state index is 4.38. The van der Waals surface area contributed by atoms with Gasteiger partial charge in [-0.05, 0) is 28.8 Å². The highest BCUT2D eigenvalue weighted by Gasteiger charge is 2.16. The van der Waals surface area contributed by atoms with Crippen molar-refractivity contribution in [2.24, 2.45) is 0 Å². The molecular weight excluding hydrogens is 186 g/mol. The third-order valence-corrected chi connectivity index (χ3v) is 3.64. The molecule has 0 aliphatic rings. The molecule has 12 heavy (non-hydrogen) atoms. The molecule has 0 fully saturated rings. The number of rotatable bonds is 2. The summed E-state index contributed by atoms with van der Waals surface area (Å²) in [4.78, 5) is 1.37. The van der Waals surface area contributed by atoms with Gasteiger partial charge in [-0.25, -0.2) is 0 Å². The van der Waals surface area contributed by atoms with Gasteiger partial charge in [-0.1, -0.05) is 27.7 Å². The second-order valence-electron chi connectivity index (χ2n) is 3.71. The lowest BCUT2D eigenvalue weighted by molar-refractivity contribution is 0.603. The normalized spacial score (nSPS) is 12.0. The van der Waals surface area contributed by atoms with Gasteiger partial charge in [-0.3, -0.25) is 0 Å². The second-order valence-corrected chi connectivity index (χ2v) is 5.80. The van der Waals surface area contributed by atoms with E-state index in [4.69, 9.17) is 0 Å². The Morgan fingerprint density at radius 3 is 2.58 bits per heavy atom. The molecule has 0 atom stereocenters. The highest BCUT2D eigenvalue weighted by Crippen LogP contribution is 2.29. The summed E-state index contributed by atoms with van der Waals surface area (Å²) in [6, 6.07) is 2.21. The molecule has 1 aromatic rings. The molecule has 0 saturated carbocycles. The predicted molar refractivity (Wildman–Crippen MR) is 57.2 cm³/mol. The maximum Gasteiger partial charge on any atom is 0.110 e. The highest BCUT2D eigenvalue weighted by molar-refractivity contribution is 7.99. The smallest absolute Gasteiger partial charge is 0.110 e. The number of hydrogen-bond acceptors (Lipinski definition) is 3. The molecular formula is C9H15NS2. The third-order valence-electron chi connectivity index (χ3n) is 1.52. The van der Waals surface area contributed by atoms with Crippen LogP contribution in [0.25, 0.3) is 0 Å². The fraction of sp³-hybridized carbons (Fsp3) is 0.667.